The first-order chi connectivity index (χ1) is 13.3. The Kier molecular flexibility index (Phi) is 6.11. The normalized spacial score (nSPS) is 22.2. The lowest BCUT2D eigenvalue weighted by Crippen LogP contribution is -2.43. The summed E-state index contributed by atoms with van der Waals surface area (Å²) in [6.45, 7) is 6.60. The molecule has 0 N–H and O–H groups in total. The Bertz CT molecular complexity index is 732. The van der Waals surface area contributed by atoms with Crippen molar-refractivity contribution in [1.29, 1.82) is 0 Å². The predicted octanol–water partition coefficient (Wildman–Crippen LogP) is 2.95. The maximum Gasteiger partial charge on any atom is 0.247 e. The van der Waals surface area contributed by atoms with Crippen LogP contribution in [0.3, 0.4) is 0 Å². The summed E-state index contributed by atoms with van der Waals surface area (Å²) in [6.07, 6.45) is 4.86. The summed E-state index contributed by atoms with van der Waals surface area (Å²) in [5.41, 5.74) is 0.622. The minimum atomic E-state index is -0.300. The molecule has 4 rings (SSSR count). The third-order valence-electron chi connectivity index (χ3n) is 5.51. The van der Waals surface area contributed by atoms with Crippen LogP contribution in [0.25, 0.3) is 11.5 Å². The van der Waals surface area contributed by atoms with Gasteiger partial charge in [-0.2, -0.15) is 0 Å². The first kappa shape index (κ1) is 18.5. The van der Waals surface area contributed by atoms with Crippen LogP contribution in [-0.4, -0.2) is 65.4 Å². The summed E-state index contributed by atoms with van der Waals surface area (Å²) in [5.74, 6) is 0.686. The van der Waals surface area contributed by atoms with E-state index >= 15 is 0 Å². The second-order valence-electron chi connectivity index (χ2n) is 7.37. The first-order valence-electron chi connectivity index (χ1n) is 9.90. The van der Waals surface area contributed by atoms with Gasteiger partial charge < -0.3 is 9.15 Å². The zero-order valence-electron chi connectivity index (χ0n) is 15.6. The number of rotatable bonds is 6. The standard InChI is InChI=1S/C20H27FN4O2/c21-17-5-3-4-16(14-17)20-23-22-19(27-20)15-25-8-2-1-6-18(25)7-9-24-10-12-26-13-11-24/h3-5,14,18H,1-2,6-13,15H2/t18-/m1/s1. The highest BCUT2D eigenvalue weighted by Crippen LogP contribution is 2.24. The second-order valence-corrected chi connectivity index (χ2v) is 7.37. The van der Waals surface area contributed by atoms with E-state index in [0.717, 1.165) is 45.8 Å². The number of ether oxygens (including phenoxy) is 1. The van der Waals surface area contributed by atoms with Crippen LogP contribution in [0.4, 0.5) is 4.39 Å². The topological polar surface area (TPSA) is 54.6 Å². The van der Waals surface area contributed by atoms with E-state index in [1.807, 2.05) is 0 Å². The number of benzene rings is 1. The van der Waals surface area contributed by atoms with Gasteiger partial charge in [0.15, 0.2) is 0 Å². The molecule has 2 saturated heterocycles. The molecule has 27 heavy (non-hydrogen) atoms. The molecular weight excluding hydrogens is 347 g/mol. The molecule has 2 fully saturated rings. The van der Waals surface area contributed by atoms with Crippen molar-refractivity contribution < 1.29 is 13.5 Å². The lowest BCUT2D eigenvalue weighted by molar-refractivity contribution is 0.0296. The molecule has 0 bridgehead atoms. The molecule has 1 aromatic carbocycles. The average Bonchev–Trinajstić information content (AvgIpc) is 3.17. The largest absolute Gasteiger partial charge is 0.419 e. The Morgan fingerprint density at radius 3 is 2.85 bits per heavy atom. The van der Waals surface area contributed by atoms with Gasteiger partial charge in [-0.25, -0.2) is 4.39 Å². The molecule has 1 aromatic heterocycles. The van der Waals surface area contributed by atoms with Gasteiger partial charge in [-0.1, -0.05) is 12.5 Å². The fourth-order valence-electron chi connectivity index (χ4n) is 3.98. The summed E-state index contributed by atoms with van der Waals surface area (Å²) < 4.78 is 24.7. The van der Waals surface area contributed by atoms with Gasteiger partial charge in [0.2, 0.25) is 11.8 Å². The van der Waals surface area contributed by atoms with Crippen LogP contribution in [0.1, 0.15) is 31.6 Å². The van der Waals surface area contributed by atoms with Crippen molar-refractivity contribution >= 4 is 0 Å². The number of hydrogen-bond donors (Lipinski definition) is 0. The van der Waals surface area contributed by atoms with Gasteiger partial charge in [-0.05, 0) is 50.6 Å². The van der Waals surface area contributed by atoms with E-state index in [0.29, 0.717) is 29.9 Å². The molecule has 7 heteroatoms. The summed E-state index contributed by atoms with van der Waals surface area (Å²) in [5, 5.41) is 8.30. The molecule has 2 aliphatic heterocycles. The van der Waals surface area contributed by atoms with Crippen LogP contribution in [0.15, 0.2) is 28.7 Å². The number of aromatic nitrogens is 2. The van der Waals surface area contributed by atoms with Crippen molar-refractivity contribution in [3.8, 4) is 11.5 Å². The molecule has 2 aliphatic rings. The Hall–Kier alpha value is -1.83. The van der Waals surface area contributed by atoms with Gasteiger partial charge >= 0.3 is 0 Å². The number of halogens is 1. The Balaban J connectivity index is 1.36. The number of nitrogens with zero attached hydrogens (tertiary/aromatic N) is 4. The van der Waals surface area contributed by atoms with Crippen molar-refractivity contribution in [1.82, 2.24) is 20.0 Å². The van der Waals surface area contributed by atoms with Crippen LogP contribution < -0.4 is 0 Å². The van der Waals surface area contributed by atoms with Crippen molar-refractivity contribution in [2.75, 3.05) is 39.4 Å². The first-order valence-corrected chi connectivity index (χ1v) is 9.90. The van der Waals surface area contributed by atoms with Gasteiger partial charge in [0.05, 0.1) is 19.8 Å². The lowest BCUT2D eigenvalue weighted by Gasteiger charge is -2.36. The summed E-state index contributed by atoms with van der Waals surface area (Å²) in [4.78, 5) is 4.96. The molecule has 0 radical (unpaired) electrons. The van der Waals surface area contributed by atoms with Crippen LogP contribution in [-0.2, 0) is 11.3 Å². The number of likely N-dealkylation sites (tertiary alicyclic amines) is 1. The quantitative estimate of drug-likeness (QED) is 0.775. The number of morpholine rings is 1. The highest BCUT2D eigenvalue weighted by atomic mass is 19.1. The highest BCUT2D eigenvalue weighted by Gasteiger charge is 2.25. The number of piperidine rings is 1. The summed E-state index contributed by atoms with van der Waals surface area (Å²) in [7, 11) is 0. The van der Waals surface area contributed by atoms with Crippen LogP contribution in [0.2, 0.25) is 0 Å². The molecule has 146 valence electrons. The van der Waals surface area contributed by atoms with E-state index in [2.05, 4.69) is 20.0 Å². The second kappa shape index (κ2) is 8.91. The Morgan fingerprint density at radius 2 is 2.00 bits per heavy atom. The summed E-state index contributed by atoms with van der Waals surface area (Å²) in [6, 6.07) is 6.82. The minimum absolute atomic E-state index is 0.300. The van der Waals surface area contributed by atoms with E-state index < -0.39 is 0 Å². The summed E-state index contributed by atoms with van der Waals surface area (Å²) >= 11 is 0. The molecule has 0 spiro atoms. The van der Waals surface area contributed by atoms with Crippen molar-refractivity contribution in [3.05, 3.63) is 36.0 Å². The van der Waals surface area contributed by atoms with Crippen LogP contribution in [0.5, 0.6) is 0 Å². The maximum absolute atomic E-state index is 13.4. The molecule has 1 atom stereocenters. The van der Waals surface area contributed by atoms with Gasteiger partial charge in [-0.15, -0.1) is 10.2 Å². The SMILES string of the molecule is Fc1cccc(-c2nnc(CN3CCCC[C@@H]3CCN3CCOCC3)o2)c1. The van der Waals surface area contributed by atoms with Gasteiger partial charge in [0.1, 0.15) is 5.82 Å². The smallest absolute Gasteiger partial charge is 0.247 e. The van der Waals surface area contributed by atoms with Gasteiger partial charge in [0, 0.05) is 24.7 Å². The lowest BCUT2D eigenvalue weighted by atomic mass is 9.99. The highest BCUT2D eigenvalue weighted by molar-refractivity contribution is 5.52. The van der Waals surface area contributed by atoms with Crippen molar-refractivity contribution in [2.45, 2.75) is 38.3 Å². The number of hydrogen-bond acceptors (Lipinski definition) is 6. The van der Waals surface area contributed by atoms with Gasteiger partial charge in [0.25, 0.3) is 0 Å². The van der Waals surface area contributed by atoms with E-state index in [1.165, 1.54) is 31.4 Å². The third kappa shape index (κ3) is 4.91. The zero-order valence-corrected chi connectivity index (χ0v) is 15.6. The minimum Gasteiger partial charge on any atom is -0.419 e. The predicted molar refractivity (Wildman–Crippen MR) is 99.6 cm³/mol. The fraction of sp³-hybridized carbons (Fsp3) is 0.600. The van der Waals surface area contributed by atoms with E-state index in [4.69, 9.17) is 9.15 Å². The van der Waals surface area contributed by atoms with E-state index in [-0.39, 0.29) is 5.82 Å². The maximum atomic E-state index is 13.4. The average molecular weight is 374 g/mol. The monoisotopic (exact) mass is 374 g/mol. The zero-order chi connectivity index (χ0) is 18.5. The Labute approximate surface area is 159 Å². The molecule has 2 aromatic rings. The molecule has 6 nitrogen and oxygen atoms in total. The van der Waals surface area contributed by atoms with E-state index in [1.54, 1.807) is 12.1 Å². The molecule has 0 aliphatic carbocycles. The van der Waals surface area contributed by atoms with Crippen LogP contribution >= 0.6 is 0 Å². The van der Waals surface area contributed by atoms with Crippen molar-refractivity contribution in [3.63, 3.8) is 0 Å². The molecule has 0 saturated carbocycles. The Morgan fingerprint density at radius 1 is 1.11 bits per heavy atom. The third-order valence-corrected chi connectivity index (χ3v) is 5.51. The fourth-order valence-corrected chi connectivity index (χ4v) is 3.98. The molecular formula is C20H27FN4O2. The molecule has 0 amide bonds. The van der Waals surface area contributed by atoms with Crippen molar-refractivity contribution in [2.24, 2.45) is 0 Å². The van der Waals surface area contributed by atoms with Crippen LogP contribution in [0, 0.1) is 5.82 Å². The van der Waals surface area contributed by atoms with E-state index in [9.17, 15) is 4.39 Å². The van der Waals surface area contributed by atoms with Gasteiger partial charge in [-0.3, -0.25) is 9.80 Å². The molecule has 0 unspecified atom stereocenters. The molecule has 3 heterocycles.